The van der Waals surface area contributed by atoms with Gasteiger partial charge >= 0.3 is 0 Å². The van der Waals surface area contributed by atoms with Crippen molar-refractivity contribution in [3.05, 3.63) is 87.6 Å². The molecule has 1 aliphatic rings. The number of nitrogens with zero attached hydrogens (tertiary/aromatic N) is 1. The van der Waals surface area contributed by atoms with E-state index in [0.717, 1.165) is 11.8 Å². The van der Waals surface area contributed by atoms with Gasteiger partial charge in [-0.3, -0.25) is 9.59 Å². The van der Waals surface area contributed by atoms with Crippen LogP contribution in [0.4, 0.5) is 0 Å². The highest BCUT2D eigenvalue weighted by molar-refractivity contribution is 7.89. The summed E-state index contributed by atoms with van der Waals surface area (Å²) >= 11 is 12.3. The van der Waals surface area contributed by atoms with Crippen molar-refractivity contribution in [2.24, 2.45) is 0 Å². The van der Waals surface area contributed by atoms with E-state index in [1.54, 1.807) is 53.1 Å². The van der Waals surface area contributed by atoms with Gasteiger partial charge in [0.15, 0.2) is 5.78 Å². The number of allylic oxidation sites excluding steroid dienone is 4. The summed E-state index contributed by atoms with van der Waals surface area (Å²) in [6.45, 7) is 0.249. The largest absolute Gasteiger partial charge is 0.331 e. The fourth-order valence-electron chi connectivity index (χ4n) is 3.75. The van der Waals surface area contributed by atoms with E-state index < -0.39 is 15.9 Å². The van der Waals surface area contributed by atoms with Crippen molar-refractivity contribution in [2.75, 3.05) is 6.26 Å². The average molecular weight is 489 g/mol. The summed E-state index contributed by atoms with van der Waals surface area (Å²) < 4.78 is 27.5. The number of nitrogens with one attached hydrogen (secondary N) is 1. The summed E-state index contributed by atoms with van der Waals surface area (Å²) in [7, 11) is -3.85. The zero-order valence-electron chi connectivity index (χ0n) is 16.9. The Morgan fingerprint density at radius 3 is 2.44 bits per heavy atom. The smallest absolute Gasteiger partial charge is 0.282 e. The van der Waals surface area contributed by atoms with E-state index in [4.69, 9.17) is 23.2 Å². The van der Waals surface area contributed by atoms with E-state index in [-0.39, 0.29) is 24.4 Å². The molecule has 9 heteroatoms. The molecule has 3 aromatic rings. The van der Waals surface area contributed by atoms with Gasteiger partial charge in [0.1, 0.15) is 5.69 Å². The maximum Gasteiger partial charge on any atom is 0.282 e. The maximum atomic E-state index is 13.2. The van der Waals surface area contributed by atoms with Gasteiger partial charge in [0.05, 0.1) is 6.26 Å². The SMILES string of the molecule is CS(=O)(=O)NC(=O)c1c(C2=CC=CCC2=O)c2cc(Cl)ccc2n1Cc1ccc(Cl)cc1. The Kier molecular flexibility index (Phi) is 5.99. The zero-order valence-corrected chi connectivity index (χ0v) is 19.3. The number of fused-ring (bicyclic) bond motifs is 1. The number of Topliss-reactive ketones (excluding diaryl/α,β-unsaturated/α-hetero) is 1. The van der Waals surface area contributed by atoms with E-state index in [1.165, 1.54) is 0 Å². The summed E-state index contributed by atoms with van der Waals surface area (Å²) in [5, 5.41) is 1.58. The fraction of sp³-hybridized carbons (Fsp3) is 0.130. The lowest BCUT2D eigenvalue weighted by molar-refractivity contribution is -0.113. The van der Waals surface area contributed by atoms with Crippen LogP contribution in [0.15, 0.2) is 60.7 Å². The first kappa shape index (κ1) is 22.3. The Labute approximate surface area is 195 Å². The molecular weight excluding hydrogens is 471 g/mol. The minimum absolute atomic E-state index is 0.0672. The van der Waals surface area contributed by atoms with Crippen LogP contribution in [0, 0.1) is 0 Å². The monoisotopic (exact) mass is 488 g/mol. The summed E-state index contributed by atoms with van der Waals surface area (Å²) in [5.74, 6) is -1.00. The lowest BCUT2D eigenvalue weighted by Crippen LogP contribution is -2.32. The number of amides is 1. The number of aromatic nitrogens is 1. The molecule has 6 nitrogen and oxygen atoms in total. The van der Waals surface area contributed by atoms with Crippen LogP contribution in [0.25, 0.3) is 16.5 Å². The molecule has 4 rings (SSSR count). The van der Waals surface area contributed by atoms with Crippen LogP contribution in [-0.4, -0.2) is 30.9 Å². The Bertz CT molecular complexity index is 1420. The molecule has 1 heterocycles. The standard InChI is InChI=1S/C23H18Cl2N2O4S/c1-32(30,31)26-23(29)22-21(17-4-2-3-5-20(17)28)18-12-16(25)10-11-19(18)27(22)13-14-6-8-15(24)9-7-14/h2-4,6-12H,5,13H2,1H3,(H,26,29). The molecule has 0 spiro atoms. The van der Waals surface area contributed by atoms with Crippen LogP contribution in [-0.2, 0) is 21.4 Å². The van der Waals surface area contributed by atoms with E-state index in [1.807, 2.05) is 16.9 Å². The van der Waals surface area contributed by atoms with Gasteiger partial charge in [-0.2, -0.15) is 0 Å². The number of ketones is 1. The molecule has 2 aromatic carbocycles. The number of rotatable bonds is 5. The summed E-state index contributed by atoms with van der Waals surface area (Å²) in [5.41, 5.74) is 2.23. The molecule has 1 aliphatic carbocycles. The molecule has 0 radical (unpaired) electrons. The second kappa shape index (κ2) is 8.58. The topological polar surface area (TPSA) is 85.2 Å². The number of hydrogen-bond donors (Lipinski definition) is 1. The van der Waals surface area contributed by atoms with Crippen LogP contribution >= 0.6 is 23.2 Å². The first-order valence-corrected chi connectivity index (χ1v) is 12.3. The molecule has 0 fully saturated rings. The summed E-state index contributed by atoms with van der Waals surface area (Å²) in [4.78, 5) is 26.0. The normalized spacial score (nSPS) is 14.0. The third-order valence-electron chi connectivity index (χ3n) is 5.04. The second-order valence-electron chi connectivity index (χ2n) is 7.44. The molecule has 164 valence electrons. The number of benzene rings is 2. The highest BCUT2D eigenvalue weighted by atomic mass is 35.5. The van der Waals surface area contributed by atoms with E-state index in [9.17, 15) is 18.0 Å². The lowest BCUT2D eigenvalue weighted by Gasteiger charge is -2.14. The Balaban J connectivity index is 2.04. The molecule has 1 aromatic heterocycles. The number of hydrogen-bond acceptors (Lipinski definition) is 4. The number of carbonyl (C=O) groups excluding carboxylic acids is 2. The fourth-order valence-corrected chi connectivity index (χ4v) is 4.49. The molecular formula is C23H18Cl2N2O4S. The maximum absolute atomic E-state index is 13.2. The predicted octanol–water partition coefficient (Wildman–Crippen LogP) is 4.60. The molecule has 1 amide bonds. The molecule has 1 N–H and O–H groups in total. The Morgan fingerprint density at radius 2 is 1.78 bits per heavy atom. The van der Waals surface area contributed by atoms with Crippen LogP contribution < -0.4 is 4.72 Å². The van der Waals surface area contributed by atoms with Gasteiger partial charge in [-0.25, -0.2) is 13.1 Å². The van der Waals surface area contributed by atoms with Crippen molar-refractivity contribution in [3.63, 3.8) is 0 Å². The molecule has 0 saturated carbocycles. The number of halogens is 2. The first-order chi connectivity index (χ1) is 15.1. The van der Waals surface area contributed by atoms with Crippen LogP contribution in [0.2, 0.25) is 10.0 Å². The van der Waals surface area contributed by atoms with Gasteiger partial charge in [-0.1, -0.05) is 53.6 Å². The third kappa shape index (κ3) is 4.50. The van der Waals surface area contributed by atoms with Crippen molar-refractivity contribution >= 4 is 61.4 Å². The van der Waals surface area contributed by atoms with Gasteiger partial charge in [-0.15, -0.1) is 0 Å². The van der Waals surface area contributed by atoms with Crippen LogP contribution in [0.1, 0.15) is 28.0 Å². The van der Waals surface area contributed by atoms with Crippen molar-refractivity contribution < 1.29 is 18.0 Å². The predicted molar refractivity (Wildman–Crippen MR) is 127 cm³/mol. The number of carbonyl (C=O) groups is 2. The highest BCUT2D eigenvalue weighted by Crippen LogP contribution is 2.36. The lowest BCUT2D eigenvalue weighted by atomic mass is 9.93. The van der Waals surface area contributed by atoms with E-state index in [2.05, 4.69) is 0 Å². The van der Waals surface area contributed by atoms with Gasteiger partial charge in [-0.05, 0) is 35.9 Å². The molecule has 0 saturated heterocycles. The van der Waals surface area contributed by atoms with Gasteiger partial charge in [0.25, 0.3) is 5.91 Å². The van der Waals surface area contributed by atoms with Crippen molar-refractivity contribution in [2.45, 2.75) is 13.0 Å². The van der Waals surface area contributed by atoms with E-state index in [0.29, 0.717) is 32.1 Å². The average Bonchev–Trinajstić information content (AvgIpc) is 3.02. The quantitative estimate of drug-likeness (QED) is 0.568. The molecule has 0 aliphatic heterocycles. The third-order valence-corrected chi connectivity index (χ3v) is 6.09. The summed E-state index contributed by atoms with van der Waals surface area (Å²) in [6, 6.07) is 12.2. The van der Waals surface area contributed by atoms with Crippen molar-refractivity contribution in [3.8, 4) is 0 Å². The van der Waals surface area contributed by atoms with Crippen molar-refractivity contribution in [1.82, 2.24) is 9.29 Å². The molecule has 0 unspecified atom stereocenters. The van der Waals surface area contributed by atoms with Crippen LogP contribution in [0.3, 0.4) is 0 Å². The second-order valence-corrected chi connectivity index (χ2v) is 10.1. The highest BCUT2D eigenvalue weighted by Gasteiger charge is 2.29. The minimum atomic E-state index is -3.85. The Hall–Kier alpha value is -2.87. The van der Waals surface area contributed by atoms with Crippen molar-refractivity contribution in [1.29, 1.82) is 0 Å². The summed E-state index contributed by atoms with van der Waals surface area (Å²) in [6.07, 6.45) is 6.18. The molecule has 32 heavy (non-hydrogen) atoms. The van der Waals surface area contributed by atoms with Gasteiger partial charge in [0, 0.05) is 45.1 Å². The van der Waals surface area contributed by atoms with Crippen LogP contribution in [0.5, 0.6) is 0 Å². The van der Waals surface area contributed by atoms with E-state index >= 15 is 0 Å². The van der Waals surface area contributed by atoms with Gasteiger partial charge < -0.3 is 4.57 Å². The molecule has 0 atom stereocenters. The van der Waals surface area contributed by atoms with Gasteiger partial charge in [0.2, 0.25) is 10.0 Å². The first-order valence-electron chi connectivity index (χ1n) is 9.63. The molecule has 0 bridgehead atoms. The zero-order chi connectivity index (χ0) is 23.0. The minimum Gasteiger partial charge on any atom is -0.331 e. The Morgan fingerprint density at radius 1 is 1.09 bits per heavy atom. The number of sulfonamides is 1.